The molecule has 0 spiro atoms. The van der Waals surface area contributed by atoms with Gasteiger partial charge in [-0.3, -0.25) is 4.91 Å². The van der Waals surface area contributed by atoms with Crippen LogP contribution in [0.4, 0.5) is 0 Å². The second kappa shape index (κ2) is 10.5. The van der Waals surface area contributed by atoms with Gasteiger partial charge in [0.25, 0.3) is 0 Å². The monoisotopic (exact) mass is 356 g/mol. The van der Waals surface area contributed by atoms with Crippen LogP contribution in [0.15, 0.2) is 47.6 Å². The fourth-order valence-electron chi connectivity index (χ4n) is 2.66. The zero-order valence-electron chi connectivity index (χ0n) is 15.0. The second-order valence-electron chi connectivity index (χ2n) is 5.51. The molecule has 0 atom stereocenters. The predicted molar refractivity (Wildman–Crippen MR) is 97.7 cm³/mol. The number of nitrogens with zero attached hydrogens (tertiary/aromatic N) is 8. The summed E-state index contributed by atoms with van der Waals surface area (Å²) in [5.41, 5.74) is 27.8. The van der Waals surface area contributed by atoms with Gasteiger partial charge in [-0.05, 0) is 42.6 Å². The van der Waals surface area contributed by atoms with Crippen molar-refractivity contribution in [1.29, 1.82) is 0 Å². The molecule has 0 N–H and O–H groups in total. The molecule has 3 aromatic rings. The Labute approximate surface area is 173 Å². The Bertz CT molecular complexity index is 966. The smallest absolute Gasteiger partial charge is 0.373 e. The van der Waals surface area contributed by atoms with Crippen LogP contribution in [0.3, 0.4) is 0 Å². The van der Waals surface area contributed by atoms with Crippen LogP contribution >= 0.6 is 0 Å². The summed E-state index contributed by atoms with van der Waals surface area (Å²) in [6.07, 6.45) is 0. The summed E-state index contributed by atoms with van der Waals surface area (Å²) in [6.45, 7) is 5.19. The minimum atomic E-state index is 0. The minimum absolute atomic E-state index is 0. The first-order chi connectivity index (χ1) is 12.1. The van der Waals surface area contributed by atoms with Crippen molar-refractivity contribution < 1.29 is 29.6 Å². The first kappa shape index (κ1) is 21.6. The third kappa shape index (κ3) is 5.26. The summed E-state index contributed by atoms with van der Waals surface area (Å²) in [4.78, 5) is 8.95. The van der Waals surface area contributed by atoms with Crippen molar-refractivity contribution in [3.63, 3.8) is 0 Å². The van der Waals surface area contributed by atoms with Gasteiger partial charge >= 0.3 is 29.6 Å². The normalized spacial score (nSPS) is 9.31. The van der Waals surface area contributed by atoms with E-state index in [-0.39, 0.29) is 36.1 Å². The Morgan fingerprint density at radius 1 is 1.08 bits per heavy atom. The van der Waals surface area contributed by atoms with Crippen LogP contribution in [0.5, 0.6) is 0 Å². The van der Waals surface area contributed by atoms with Gasteiger partial charge in [0.15, 0.2) is 0 Å². The van der Waals surface area contributed by atoms with Crippen molar-refractivity contribution in [2.24, 2.45) is 5.11 Å². The van der Waals surface area contributed by atoms with Gasteiger partial charge in [-0.25, -0.2) is 4.98 Å². The molecule has 3 rings (SSSR count). The Hall–Kier alpha value is -2.47. The molecule has 0 amide bonds. The molecule has 0 aliphatic rings. The summed E-state index contributed by atoms with van der Waals surface area (Å²) in [5.74, 6) is 0.792. The van der Waals surface area contributed by atoms with E-state index < -0.39 is 0 Å². The predicted octanol–water partition coefficient (Wildman–Crippen LogP) is 2.38. The number of rotatable bonds is 4. The molecule has 0 radical (unpaired) electrons. The molecule has 1 aromatic heterocycles. The molecular weight excluding hydrogens is 339 g/mol. The largest absolute Gasteiger partial charge is 1.00 e. The van der Waals surface area contributed by atoms with Crippen molar-refractivity contribution >= 4 is 11.0 Å². The molecule has 0 saturated heterocycles. The van der Waals surface area contributed by atoms with E-state index in [1.807, 2.05) is 24.3 Å². The van der Waals surface area contributed by atoms with Crippen LogP contribution in [0.1, 0.15) is 22.5 Å². The van der Waals surface area contributed by atoms with Gasteiger partial charge < -0.3 is 15.6 Å². The van der Waals surface area contributed by atoms with Crippen LogP contribution in [0.25, 0.3) is 37.5 Å². The molecule has 0 unspecified atom stereocenters. The second-order valence-corrected chi connectivity index (χ2v) is 5.51. The summed E-state index contributed by atoms with van der Waals surface area (Å²) in [6, 6.07) is 14.4. The Kier molecular flexibility index (Phi) is 8.72. The number of benzene rings is 2. The van der Waals surface area contributed by atoms with E-state index in [9.17, 15) is 0 Å². The molecule has 0 bridgehead atoms. The molecule has 1 heterocycles. The maximum Gasteiger partial charge on any atom is 1.00 e. The maximum atomic E-state index is 8.58. The SMILES string of the molecule is Cc1ccc(C)c(Cn2c(CN=[N+]=[N-])nc3ccccc32)c1.[N-]=[N+]=[N-].[Na+]. The van der Waals surface area contributed by atoms with Crippen molar-refractivity contribution in [3.8, 4) is 0 Å². The number of aryl methyl sites for hydroxylation is 2. The zero-order chi connectivity index (χ0) is 18.2. The number of hydrogen-bond acceptors (Lipinski definition) is 2. The van der Waals surface area contributed by atoms with Crippen LogP contribution in [-0.2, 0) is 13.1 Å². The molecule has 0 aliphatic carbocycles. The van der Waals surface area contributed by atoms with Crippen LogP contribution in [-0.4, -0.2) is 9.55 Å². The van der Waals surface area contributed by atoms with E-state index in [4.69, 9.17) is 16.6 Å². The number of para-hydroxylation sites is 2. The number of aromatic nitrogens is 2. The maximum absolute atomic E-state index is 8.58. The first-order valence-electron chi connectivity index (χ1n) is 7.60. The van der Waals surface area contributed by atoms with Gasteiger partial charge in [-0.15, -0.1) is 0 Å². The van der Waals surface area contributed by atoms with Gasteiger partial charge in [0.05, 0.1) is 17.6 Å². The van der Waals surface area contributed by atoms with Crippen LogP contribution < -0.4 is 29.6 Å². The van der Waals surface area contributed by atoms with Gasteiger partial charge in [0, 0.05) is 11.5 Å². The average molecular weight is 356 g/mol. The number of imidazole rings is 1. The third-order valence-electron chi connectivity index (χ3n) is 3.84. The fourth-order valence-corrected chi connectivity index (χ4v) is 2.66. The number of azide groups is 1. The molecule has 8 nitrogen and oxygen atoms in total. The standard InChI is InChI=1S/C17H17N5.N3.Na/c1-12-7-8-13(2)14(9-12)11-22-16-6-4-3-5-15(16)20-17(22)10-19-21-18;1-3-2;/h3-9H,10-11H2,1-2H3;;/q;-1;+1. The van der Waals surface area contributed by atoms with Crippen molar-refractivity contribution in [2.45, 2.75) is 26.9 Å². The summed E-state index contributed by atoms with van der Waals surface area (Å²) in [7, 11) is 0. The molecule has 2 aromatic carbocycles. The molecule has 0 saturated carbocycles. The van der Waals surface area contributed by atoms with E-state index in [1.165, 1.54) is 21.6 Å². The molecule has 9 heteroatoms. The van der Waals surface area contributed by atoms with Crippen molar-refractivity contribution in [2.75, 3.05) is 0 Å². The molecular formula is C17H17N8Na. The molecule has 0 fully saturated rings. The van der Waals surface area contributed by atoms with Crippen LogP contribution in [0.2, 0.25) is 0 Å². The Balaban J connectivity index is 0.000000791. The van der Waals surface area contributed by atoms with Gasteiger partial charge in [-0.2, -0.15) is 0 Å². The average Bonchev–Trinajstić information content (AvgIpc) is 2.95. The summed E-state index contributed by atoms with van der Waals surface area (Å²) in [5, 5.41) is 3.68. The third-order valence-corrected chi connectivity index (χ3v) is 3.84. The van der Waals surface area contributed by atoms with Gasteiger partial charge in [-0.1, -0.05) is 41.0 Å². The van der Waals surface area contributed by atoms with Gasteiger partial charge in [0.1, 0.15) is 5.82 Å². The molecule has 0 aliphatic heterocycles. The van der Waals surface area contributed by atoms with Crippen molar-refractivity contribution in [1.82, 2.24) is 9.55 Å². The first-order valence-corrected chi connectivity index (χ1v) is 7.60. The topological polar surface area (TPSA) is 125 Å². The zero-order valence-corrected chi connectivity index (χ0v) is 17.0. The minimum Gasteiger partial charge on any atom is -0.373 e. The fraction of sp³-hybridized carbons (Fsp3) is 0.235. The number of hydrogen-bond donors (Lipinski definition) is 0. The van der Waals surface area contributed by atoms with Crippen molar-refractivity contribution in [3.05, 3.63) is 91.4 Å². The molecule has 26 heavy (non-hydrogen) atoms. The summed E-state index contributed by atoms with van der Waals surface area (Å²) >= 11 is 0. The van der Waals surface area contributed by atoms with Crippen LogP contribution in [0, 0.1) is 13.8 Å². The van der Waals surface area contributed by atoms with E-state index in [0.29, 0.717) is 0 Å². The molecule has 126 valence electrons. The number of fused-ring (bicyclic) bond motifs is 1. The van der Waals surface area contributed by atoms with E-state index in [1.54, 1.807) is 0 Å². The van der Waals surface area contributed by atoms with E-state index in [0.717, 1.165) is 23.4 Å². The van der Waals surface area contributed by atoms with E-state index in [2.05, 4.69) is 51.6 Å². The van der Waals surface area contributed by atoms with E-state index >= 15 is 0 Å². The quantitative estimate of drug-likeness (QED) is 0.303. The Morgan fingerprint density at radius 3 is 2.46 bits per heavy atom. The van der Waals surface area contributed by atoms with Gasteiger partial charge in [0.2, 0.25) is 0 Å². The Morgan fingerprint density at radius 2 is 1.77 bits per heavy atom. The summed E-state index contributed by atoms with van der Waals surface area (Å²) < 4.78 is 2.13.